The van der Waals surface area contributed by atoms with Crippen LogP contribution >= 0.6 is 34.8 Å². The van der Waals surface area contributed by atoms with Gasteiger partial charge in [-0.2, -0.15) is 0 Å². The lowest BCUT2D eigenvalue weighted by Gasteiger charge is -2.08. The highest BCUT2D eigenvalue weighted by Crippen LogP contribution is 2.25. The van der Waals surface area contributed by atoms with Crippen molar-refractivity contribution in [2.75, 3.05) is 11.1 Å². The highest BCUT2D eigenvalue weighted by Gasteiger charge is 2.20. The van der Waals surface area contributed by atoms with Crippen molar-refractivity contribution in [2.24, 2.45) is 0 Å². The van der Waals surface area contributed by atoms with Crippen LogP contribution in [0.5, 0.6) is 0 Å². The molecule has 0 radical (unpaired) electrons. The SMILES string of the molecule is O=C(CS(=O)(=O)c1ccc(Cl)cc1)Nc1cc(Cl)ccc1Cl. The van der Waals surface area contributed by atoms with Crippen LogP contribution in [-0.4, -0.2) is 20.1 Å². The minimum atomic E-state index is -3.77. The number of carbonyl (C=O) groups excluding carboxylic acids is 1. The third kappa shape index (κ3) is 4.36. The third-order valence-electron chi connectivity index (χ3n) is 2.70. The predicted molar refractivity (Wildman–Crippen MR) is 88.6 cm³/mol. The van der Waals surface area contributed by atoms with Crippen molar-refractivity contribution in [3.05, 3.63) is 57.5 Å². The second-order valence-electron chi connectivity index (χ2n) is 4.39. The lowest BCUT2D eigenvalue weighted by atomic mass is 10.3. The summed E-state index contributed by atoms with van der Waals surface area (Å²) in [7, 11) is -3.77. The number of carbonyl (C=O) groups is 1. The maximum Gasteiger partial charge on any atom is 0.240 e. The number of benzene rings is 2. The maximum absolute atomic E-state index is 12.1. The zero-order valence-corrected chi connectivity index (χ0v) is 14.1. The van der Waals surface area contributed by atoms with E-state index in [-0.39, 0.29) is 15.6 Å². The summed E-state index contributed by atoms with van der Waals surface area (Å²) in [6.07, 6.45) is 0. The molecule has 116 valence electrons. The average Bonchev–Trinajstić information content (AvgIpc) is 2.42. The van der Waals surface area contributed by atoms with E-state index in [1.54, 1.807) is 6.07 Å². The molecule has 1 N–H and O–H groups in total. The first-order valence-electron chi connectivity index (χ1n) is 6.01. The maximum atomic E-state index is 12.1. The molecule has 0 unspecified atom stereocenters. The van der Waals surface area contributed by atoms with Crippen molar-refractivity contribution < 1.29 is 13.2 Å². The van der Waals surface area contributed by atoms with Gasteiger partial charge in [0.15, 0.2) is 9.84 Å². The molecular weight excluding hydrogens is 369 g/mol. The molecule has 2 aromatic rings. The average molecular weight is 379 g/mol. The second kappa shape index (κ2) is 6.87. The minimum absolute atomic E-state index is 0.0178. The molecule has 0 aliphatic rings. The van der Waals surface area contributed by atoms with E-state index in [0.717, 1.165) is 0 Å². The van der Waals surface area contributed by atoms with E-state index >= 15 is 0 Å². The van der Waals surface area contributed by atoms with Gasteiger partial charge in [0, 0.05) is 10.0 Å². The number of rotatable bonds is 4. The Morgan fingerprint density at radius 2 is 1.55 bits per heavy atom. The Kier molecular flexibility index (Phi) is 5.34. The van der Waals surface area contributed by atoms with Crippen molar-refractivity contribution in [3.8, 4) is 0 Å². The molecule has 1 amide bonds. The van der Waals surface area contributed by atoms with Crippen LogP contribution in [0.3, 0.4) is 0 Å². The highest BCUT2D eigenvalue weighted by molar-refractivity contribution is 7.92. The zero-order valence-electron chi connectivity index (χ0n) is 11.0. The van der Waals surface area contributed by atoms with E-state index in [4.69, 9.17) is 34.8 Å². The summed E-state index contributed by atoms with van der Waals surface area (Å²) in [5.41, 5.74) is 0.255. The molecule has 0 saturated heterocycles. The summed E-state index contributed by atoms with van der Waals surface area (Å²) in [6.45, 7) is 0. The van der Waals surface area contributed by atoms with Gasteiger partial charge < -0.3 is 5.32 Å². The van der Waals surface area contributed by atoms with Crippen LogP contribution < -0.4 is 5.32 Å². The van der Waals surface area contributed by atoms with Crippen LogP contribution in [0.2, 0.25) is 15.1 Å². The molecule has 0 aromatic heterocycles. The Balaban J connectivity index is 2.14. The molecule has 0 atom stereocenters. The lowest BCUT2D eigenvalue weighted by Crippen LogP contribution is -2.23. The van der Waals surface area contributed by atoms with Crippen molar-refractivity contribution in [3.63, 3.8) is 0 Å². The van der Waals surface area contributed by atoms with Gasteiger partial charge in [0.25, 0.3) is 0 Å². The monoisotopic (exact) mass is 377 g/mol. The summed E-state index contributed by atoms with van der Waals surface area (Å²) < 4.78 is 24.3. The van der Waals surface area contributed by atoms with Gasteiger partial charge in [-0.25, -0.2) is 8.42 Å². The van der Waals surface area contributed by atoms with Gasteiger partial charge in [0.05, 0.1) is 15.6 Å². The van der Waals surface area contributed by atoms with E-state index in [0.29, 0.717) is 10.0 Å². The summed E-state index contributed by atoms with van der Waals surface area (Å²) in [4.78, 5) is 11.9. The van der Waals surface area contributed by atoms with Crippen LogP contribution in [-0.2, 0) is 14.6 Å². The minimum Gasteiger partial charge on any atom is -0.324 e. The summed E-state index contributed by atoms with van der Waals surface area (Å²) in [6, 6.07) is 10.1. The molecule has 0 aliphatic carbocycles. The number of sulfone groups is 1. The Labute approximate surface area is 142 Å². The molecule has 0 saturated carbocycles. The summed E-state index contributed by atoms with van der Waals surface area (Å²) in [5, 5.41) is 3.48. The number of amides is 1. The van der Waals surface area contributed by atoms with Crippen molar-refractivity contribution >= 4 is 56.2 Å². The molecular formula is C14H10Cl3NO3S. The third-order valence-corrected chi connectivity index (χ3v) is 5.15. The number of hydrogen-bond acceptors (Lipinski definition) is 3. The quantitative estimate of drug-likeness (QED) is 0.872. The first-order valence-corrected chi connectivity index (χ1v) is 8.80. The topological polar surface area (TPSA) is 63.2 Å². The van der Waals surface area contributed by atoms with Crippen LogP contribution in [0.25, 0.3) is 0 Å². The number of hydrogen-bond donors (Lipinski definition) is 1. The van der Waals surface area contributed by atoms with Crippen LogP contribution in [0.15, 0.2) is 47.4 Å². The largest absolute Gasteiger partial charge is 0.324 e. The first-order chi connectivity index (χ1) is 10.3. The summed E-state index contributed by atoms with van der Waals surface area (Å²) >= 11 is 17.4. The van der Waals surface area contributed by atoms with E-state index < -0.39 is 21.5 Å². The second-order valence-corrected chi connectivity index (χ2v) is 7.65. The molecule has 22 heavy (non-hydrogen) atoms. The molecule has 0 aliphatic heterocycles. The fraction of sp³-hybridized carbons (Fsp3) is 0.0714. The number of nitrogens with one attached hydrogen (secondary N) is 1. The molecule has 0 fully saturated rings. The molecule has 4 nitrogen and oxygen atoms in total. The molecule has 0 spiro atoms. The molecule has 2 rings (SSSR count). The van der Waals surface area contributed by atoms with Crippen molar-refractivity contribution in [1.29, 1.82) is 0 Å². The first kappa shape index (κ1) is 17.1. The van der Waals surface area contributed by atoms with Crippen molar-refractivity contribution in [1.82, 2.24) is 0 Å². The normalized spacial score (nSPS) is 11.2. The van der Waals surface area contributed by atoms with Gasteiger partial charge in [-0.1, -0.05) is 34.8 Å². The lowest BCUT2D eigenvalue weighted by molar-refractivity contribution is -0.113. The van der Waals surface area contributed by atoms with Gasteiger partial charge in [-0.05, 0) is 42.5 Å². The van der Waals surface area contributed by atoms with Crippen LogP contribution in [0.4, 0.5) is 5.69 Å². The number of anilines is 1. The highest BCUT2D eigenvalue weighted by atomic mass is 35.5. The Bertz CT molecular complexity index is 805. The number of halogens is 3. The standard InChI is InChI=1S/C14H10Cl3NO3S/c15-9-1-4-11(5-2-9)22(20,21)8-14(19)18-13-7-10(16)3-6-12(13)17/h1-7H,8H2,(H,18,19). The molecule has 8 heteroatoms. The smallest absolute Gasteiger partial charge is 0.240 e. The van der Waals surface area contributed by atoms with Crippen LogP contribution in [0, 0.1) is 0 Å². The Hall–Kier alpha value is -1.27. The molecule has 2 aromatic carbocycles. The fourth-order valence-corrected chi connectivity index (χ4v) is 3.28. The van der Waals surface area contributed by atoms with E-state index in [1.807, 2.05) is 0 Å². The van der Waals surface area contributed by atoms with Gasteiger partial charge in [0.2, 0.25) is 5.91 Å². The van der Waals surface area contributed by atoms with E-state index in [9.17, 15) is 13.2 Å². The van der Waals surface area contributed by atoms with Gasteiger partial charge in [-0.15, -0.1) is 0 Å². The van der Waals surface area contributed by atoms with Gasteiger partial charge in [0.1, 0.15) is 5.75 Å². The van der Waals surface area contributed by atoms with Crippen molar-refractivity contribution in [2.45, 2.75) is 4.90 Å². The Morgan fingerprint density at radius 1 is 0.955 bits per heavy atom. The fourth-order valence-electron chi connectivity index (χ4n) is 1.68. The summed E-state index contributed by atoms with van der Waals surface area (Å²) in [5.74, 6) is -1.42. The van der Waals surface area contributed by atoms with Gasteiger partial charge >= 0.3 is 0 Å². The zero-order chi connectivity index (χ0) is 16.3. The van der Waals surface area contributed by atoms with Gasteiger partial charge in [-0.3, -0.25) is 4.79 Å². The van der Waals surface area contributed by atoms with Crippen LogP contribution in [0.1, 0.15) is 0 Å². The van der Waals surface area contributed by atoms with E-state index in [2.05, 4.69) is 5.32 Å². The Morgan fingerprint density at radius 3 is 2.18 bits per heavy atom. The predicted octanol–water partition coefficient (Wildman–Crippen LogP) is 4.06. The molecule has 0 bridgehead atoms. The molecule has 0 heterocycles. The van der Waals surface area contributed by atoms with E-state index in [1.165, 1.54) is 36.4 Å².